The van der Waals surface area contributed by atoms with Crippen LogP contribution in [0.3, 0.4) is 0 Å². The summed E-state index contributed by atoms with van der Waals surface area (Å²) in [6.45, 7) is 1.75. The zero-order chi connectivity index (χ0) is 19.9. The smallest absolute Gasteiger partial charge is 0.262 e. The van der Waals surface area contributed by atoms with Crippen molar-refractivity contribution in [3.05, 3.63) is 59.1 Å². The number of aromatic nitrogens is 1. The van der Waals surface area contributed by atoms with Gasteiger partial charge in [-0.15, -0.1) is 0 Å². The van der Waals surface area contributed by atoms with Gasteiger partial charge in [0.25, 0.3) is 10.0 Å². The summed E-state index contributed by atoms with van der Waals surface area (Å²) in [5, 5.41) is 0.322. The average molecular weight is 419 g/mol. The van der Waals surface area contributed by atoms with Crippen molar-refractivity contribution in [2.45, 2.75) is 30.6 Å². The number of hydrogen-bond donors (Lipinski definition) is 1. The molecule has 0 unspecified atom stereocenters. The van der Waals surface area contributed by atoms with Gasteiger partial charge in [0.15, 0.2) is 11.7 Å². The number of oxazole rings is 1. The molecule has 2 aromatic carbocycles. The predicted molar refractivity (Wildman–Crippen MR) is 107 cm³/mol. The van der Waals surface area contributed by atoms with Crippen LogP contribution < -0.4 is 9.46 Å². The maximum absolute atomic E-state index is 13.0. The molecular formula is C20H19ClN2O4S. The number of nitrogens with zero attached hydrogens (tertiary/aromatic N) is 1. The standard InChI is InChI=1S/C20H19ClN2O4S/c1-12-3-4-14(18-11-22-20(27-18)13-5-6-13)9-19(12)28(24,25)23-15-7-8-17(26-2)16(21)10-15/h3-4,7-11,13,23H,5-6H2,1-2H3. The fraction of sp³-hybridized carbons (Fsp3) is 0.250. The quantitative estimate of drug-likeness (QED) is 0.609. The Morgan fingerprint density at radius 2 is 2.00 bits per heavy atom. The summed E-state index contributed by atoms with van der Waals surface area (Å²) in [5.41, 5.74) is 1.64. The minimum Gasteiger partial charge on any atom is -0.495 e. The highest BCUT2D eigenvalue weighted by Gasteiger charge is 2.29. The van der Waals surface area contributed by atoms with Gasteiger partial charge in [-0.2, -0.15) is 0 Å². The highest BCUT2D eigenvalue weighted by molar-refractivity contribution is 7.92. The molecule has 0 atom stereocenters. The minimum atomic E-state index is -3.82. The third-order valence-corrected chi connectivity index (χ3v) is 6.44. The molecular weight excluding hydrogens is 400 g/mol. The van der Waals surface area contributed by atoms with Gasteiger partial charge in [-0.3, -0.25) is 4.72 Å². The number of sulfonamides is 1. The Labute approximate surface area is 168 Å². The molecule has 0 aliphatic heterocycles. The Kier molecular flexibility index (Phi) is 4.81. The van der Waals surface area contributed by atoms with Crippen LogP contribution in [-0.4, -0.2) is 20.5 Å². The van der Waals surface area contributed by atoms with Crippen LogP contribution in [0.5, 0.6) is 5.75 Å². The van der Waals surface area contributed by atoms with Crippen molar-refractivity contribution < 1.29 is 17.6 Å². The molecule has 1 aliphatic rings. The zero-order valence-corrected chi connectivity index (χ0v) is 17.0. The summed E-state index contributed by atoms with van der Waals surface area (Å²) in [5.74, 6) is 2.14. The monoisotopic (exact) mass is 418 g/mol. The van der Waals surface area contributed by atoms with Crippen molar-refractivity contribution in [1.82, 2.24) is 4.98 Å². The zero-order valence-electron chi connectivity index (χ0n) is 15.4. The van der Waals surface area contributed by atoms with E-state index in [9.17, 15) is 8.42 Å². The number of methoxy groups -OCH3 is 1. The van der Waals surface area contributed by atoms with Gasteiger partial charge in [-0.25, -0.2) is 13.4 Å². The van der Waals surface area contributed by atoms with E-state index in [1.165, 1.54) is 13.2 Å². The van der Waals surface area contributed by atoms with Crippen molar-refractivity contribution in [2.24, 2.45) is 0 Å². The van der Waals surface area contributed by atoms with E-state index >= 15 is 0 Å². The van der Waals surface area contributed by atoms with Crippen LogP contribution in [0.4, 0.5) is 5.69 Å². The maximum Gasteiger partial charge on any atom is 0.262 e. The molecule has 4 rings (SSSR count). The van der Waals surface area contributed by atoms with Crippen molar-refractivity contribution >= 4 is 27.3 Å². The first-order valence-corrected chi connectivity index (χ1v) is 10.7. The van der Waals surface area contributed by atoms with Crippen LogP contribution in [0.25, 0.3) is 11.3 Å². The SMILES string of the molecule is COc1ccc(NS(=O)(=O)c2cc(-c3cnc(C4CC4)o3)ccc2C)cc1Cl. The number of hydrogen-bond acceptors (Lipinski definition) is 5. The highest BCUT2D eigenvalue weighted by Crippen LogP contribution is 2.40. The molecule has 3 aromatic rings. The van der Waals surface area contributed by atoms with Gasteiger partial charge in [0, 0.05) is 11.5 Å². The summed E-state index contributed by atoms with van der Waals surface area (Å²) >= 11 is 6.09. The fourth-order valence-electron chi connectivity index (χ4n) is 2.92. The van der Waals surface area contributed by atoms with E-state index in [0.717, 1.165) is 12.8 Å². The molecule has 1 aromatic heterocycles. The van der Waals surface area contributed by atoms with Gasteiger partial charge in [-0.1, -0.05) is 23.7 Å². The lowest BCUT2D eigenvalue weighted by molar-refractivity contribution is 0.415. The molecule has 146 valence electrons. The van der Waals surface area contributed by atoms with Gasteiger partial charge < -0.3 is 9.15 Å². The third kappa shape index (κ3) is 3.72. The predicted octanol–water partition coefficient (Wildman–Crippen LogP) is 4.99. The molecule has 0 spiro atoms. The lowest BCUT2D eigenvalue weighted by atomic mass is 10.1. The lowest BCUT2D eigenvalue weighted by Gasteiger charge is -2.12. The second-order valence-electron chi connectivity index (χ2n) is 6.77. The first-order valence-electron chi connectivity index (χ1n) is 8.80. The summed E-state index contributed by atoms with van der Waals surface area (Å²) in [6, 6.07) is 9.90. The van der Waals surface area contributed by atoms with Gasteiger partial charge in [-0.05, 0) is 49.6 Å². The number of halogens is 1. The lowest BCUT2D eigenvalue weighted by Crippen LogP contribution is -2.14. The normalized spacial score (nSPS) is 14.1. The van der Waals surface area contributed by atoms with Crippen LogP contribution in [0.2, 0.25) is 5.02 Å². The highest BCUT2D eigenvalue weighted by atomic mass is 35.5. The van der Waals surface area contributed by atoms with E-state index in [1.54, 1.807) is 37.4 Å². The molecule has 1 aliphatic carbocycles. The van der Waals surface area contributed by atoms with E-state index in [4.69, 9.17) is 20.8 Å². The number of aryl methyl sites for hydroxylation is 1. The van der Waals surface area contributed by atoms with Gasteiger partial charge in [0.05, 0.1) is 28.9 Å². The van der Waals surface area contributed by atoms with Crippen molar-refractivity contribution in [2.75, 3.05) is 11.8 Å². The van der Waals surface area contributed by atoms with Crippen LogP contribution in [0.1, 0.15) is 30.2 Å². The van der Waals surface area contributed by atoms with Gasteiger partial charge in [0.2, 0.25) is 0 Å². The summed E-state index contributed by atoms with van der Waals surface area (Å²) < 4.78 is 39.4. The van der Waals surface area contributed by atoms with Crippen LogP contribution in [0, 0.1) is 6.92 Å². The first kappa shape index (κ1) is 18.8. The number of ether oxygens (including phenoxy) is 1. The Balaban J connectivity index is 1.65. The molecule has 0 bridgehead atoms. The molecule has 1 N–H and O–H groups in total. The molecule has 0 amide bonds. The first-order chi connectivity index (χ1) is 13.4. The molecule has 0 radical (unpaired) electrons. The van der Waals surface area contributed by atoms with E-state index < -0.39 is 10.0 Å². The molecule has 1 heterocycles. The second kappa shape index (κ2) is 7.14. The fourth-order valence-corrected chi connectivity index (χ4v) is 4.50. The Hall–Kier alpha value is -2.51. The molecule has 6 nitrogen and oxygen atoms in total. The summed E-state index contributed by atoms with van der Waals surface area (Å²) in [4.78, 5) is 4.47. The molecule has 28 heavy (non-hydrogen) atoms. The van der Waals surface area contributed by atoms with Gasteiger partial charge >= 0.3 is 0 Å². The largest absolute Gasteiger partial charge is 0.495 e. The third-order valence-electron chi connectivity index (χ3n) is 4.62. The van der Waals surface area contributed by atoms with E-state index in [0.29, 0.717) is 45.2 Å². The Bertz CT molecular complexity index is 1140. The van der Waals surface area contributed by atoms with Crippen LogP contribution in [0.15, 0.2) is 51.9 Å². The molecule has 0 saturated heterocycles. The average Bonchev–Trinajstić information content (AvgIpc) is 3.39. The Morgan fingerprint density at radius 3 is 2.68 bits per heavy atom. The van der Waals surface area contributed by atoms with E-state index in [2.05, 4.69) is 9.71 Å². The van der Waals surface area contributed by atoms with Gasteiger partial charge in [0.1, 0.15) is 5.75 Å². The summed E-state index contributed by atoms with van der Waals surface area (Å²) in [6.07, 6.45) is 3.81. The van der Waals surface area contributed by atoms with Crippen molar-refractivity contribution in [3.63, 3.8) is 0 Å². The van der Waals surface area contributed by atoms with Crippen LogP contribution in [-0.2, 0) is 10.0 Å². The van der Waals surface area contributed by atoms with Crippen molar-refractivity contribution in [1.29, 1.82) is 0 Å². The minimum absolute atomic E-state index is 0.168. The number of anilines is 1. The van der Waals surface area contributed by atoms with Crippen molar-refractivity contribution in [3.8, 4) is 17.1 Å². The van der Waals surface area contributed by atoms with Crippen LogP contribution >= 0.6 is 11.6 Å². The molecule has 8 heteroatoms. The summed E-state index contributed by atoms with van der Waals surface area (Å²) in [7, 11) is -2.32. The van der Waals surface area contributed by atoms with E-state index in [-0.39, 0.29) is 4.90 Å². The molecule has 1 fully saturated rings. The Morgan fingerprint density at radius 1 is 1.21 bits per heavy atom. The number of nitrogens with one attached hydrogen (secondary N) is 1. The number of rotatable bonds is 6. The van der Waals surface area contributed by atoms with E-state index in [1.807, 2.05) is 6.07 Å². The molecule has 1 saturated carbocycles. The maximum atomic E-state index is 13.0. The second-order valence-corrected chi connectivity index (χ2v) is 8.83. The number of benzene rings is 2. The topological polar surface area (TPSA) is 81.4 Å².